The van der Waals surface area contributed by atoms with Crippen LogP contribution in [-0.4, -0.2) is 77.6 Å². The molecule has 2 saturated heterocycles. The Hall–Kier alpha value is -4.20. The molecular weight excluding hydrogens is 492 g/mol. The minimum atomic E-state index is -0.269. The molecule has 8 nitrogen and oxygen atoms in total. The maximum atomic E-state index is 13.7. The van der Waals surface area contributed by atoms with Crippen molar-refractivity contribution in [2.75, 3.05) is 44.2 Å². The van der Waals surface area contributed by atoms with E-state index in [1.165, 1.54) is 4.90 Å². The zero-order chi connectivity index (χ0) is 27.1. The number of carbonyl (C=O) groups excluding carboxylic acids is 4. The minimum Gasteiger partial charge on any atom is -0.367 e. The molecule has 0 aromatic heterocycles. The third-order valence-electron chi connectivity index (χ3n) is 8.41. The maximum absolute atomic E-state index is 13.7. The van der Waals surface area contributed by atoms with E-state index in [1.807, 2.05) is 59.5 Å². The second-order valence-electron chi connectivity index (χ2n) is 10.6. The number of piperazine rings is 1. The molecule has 6 rings (SSSR count). The molecule has 3 heterocycles. The number of fused-ring (bicyclic) bond motifs is 2. The summed E-state index contributed by atoms with van der Waals surface area (Å²) in [7, 11) is 0. The second kappa shape index (κ2) is 10.2. The number of rotatable bonds is 4. The summed E-state index contributed by atoms with van der Waals surface area (Å²) in [5.41, 5.74) is 2.59. The van der Waals surface area contributed by atoms with Crippen molar-refractivity contribution >= 4 is 40.1 Å². The number of carbonyl (C=O) groups is 4. The van der Waals surface area contributed by atoms with Crippen molar-refractivity contribution in [1.29, 1.82) is 0 Å². The van der Waals surface area contributed by atoms with E-state index in [-0.39, 0.29) is 36.1 Å². The summed E-state index contributed by atoms with van der Waals surface area (Å²) < 4.78 is 0. The first-order valence-electron chi connectivity index (χ1n) is 13.7. The molecule has 3 aliphatic rings. The number of anilines is 1. The highest BCUT2D eigenvalue weighted by atomic mass is 16.2. The van der Waals surface area contributed by atoms with E-state index in [0.29, 0.717) is 63.2 Å². The van der Waals surface area contributed by atoms with Gasteiger partial charge in [0.05, 0.1) is 23.4 Å². The number of likely N-dealkylation sites (tertiary alicyclic amines) is 1. The smallest absolute Gasteiger partial charge is 0.263 e. The summed E-state index contributed by atoms with van der Waals surface area (Å²) in [6, 6.07) is 19.4. The van der Waals surface area contributed by atoms with Gasteiger partial charge >= 0.3 is 0 Å². The fraction of sp³-hybridized carbons (Fsp3) is 0.355. The van der Waals surface area contributed by atoms with Crippen molar-refractivity contribution in [3.05, 3.63) is 77.4 Å². The first-order valence-corrected chi connectivity index (χ1v) is 13.7. The third kappa shape index (κ3) is 4.54. The number of imide groups is 1. The molecule has 3 aromatic carbocycles. The Morgan fingerprint density at radius 1 is 0.769 bits per heavy atom. The molecule has 3 aromatic rings. The summed E-state index contributed by atoms with van der Waals surface area (Å²) in [6.07, 6.45) is 1.40. The molecule has 2 fully saturated rings. The highest BCUT2D eigenvalue weighted by molar-refractivity contribution is 6.23. The zero-order valence-corrected chi connectivity index (χ0v) is 22.1. The number of hydrogen-bond acceptors (Lipinski definition) is 5. The lowest BCUT2D eigenvalue weighted by molar-refractivity contribution is -0.140. The van der Waals surface area contributed by atoms with Crippen LogP contribution < -0.4 is 4.90 Å². The van der Waals surface area contributed by atoms with Gasteiger partial charge in [0.2, 0.25) is 11.8 Å². The zero-order valence-electron chi connectivity index (χ0n) is 22.1. The normalized spacial score (nSPS) is 18.2. The summed E-state index contributed by atoms with van der Waals surface area (Å²) >= 11 is 0. The quantitative estimate of drug-likeness (QED) is 0.488. The maximum Gasteiger partial charge on any atom is 0.263 e. The molecule has 0 radical (unpaired) electrons. The number of hydrogen-bond donors (Lipinski definition) is 0. The van der Waals surface area contributed by atoms with Gasteiger partial charge in [0, 0.05) is 52.1 Å². The fourth-order valence-electron chi connectivity index (χ4n) is 6.19. The number of piperidine rings is 1. The van der Waals surface area contributed by atoms with Gasteiger partial charge in [0.15, 0.2) is 0 Å². The van der Waals surface area contributed by atoms with Crippen LogP contribution in [0.3, 0.4) is 0 Å². The van der Waals surface area contributed by atoms with E-state index < -0.39 is 0 Å². The molecule has 0 aliphatic carbocycles. The second-order valence-corrected chi connectivity index (χ2v) is 10.6. The van der Waals surface area contributed by atoms with Crippen molar-refractivity contribution in [3.63, 3.8) is 0 Å². The van der Waals surface area contributed by atoms with Crippen molar-refractivity contribution in [3.8, 4) is 0 Å². The lowest BCUT2D eigenvalue weighted by Gasteiger charge is -2.39. The minimum absolute atomic E-state index is 0.0463. The topological polar surface area (TPSA) is 81.2 Å². The molecule has 0 bridgehead atoms. The van der Waals surface area contributed by atoms with E-state index in [1.54, 1.807) is 17.9 Å². The van der Waals surface area contributed by atoms with Gasteiger partial charge in [-0.3, -0.25) is 24.1 Å². The van der Waals surface area contributed by atoms with Crippen LogP contribution in [0.2, 0.25) is 0 Å². The molecule has 0 saturated carbocycles. The van der Waals surface area contributed by atoms with Gasteiger partial charge in [-0.1, -0.05) is 48.5 Å². The Bertz CT molecular complexity index is 1460. The average molecular weight is 525 g/mol. The lowest BCUT2D eigenvalue weighted by atomic mass is 9.95. The summed E-state index contributed by atoms with van der Waals surface area (Å²) in [4.78, 5) is 59.0. The largest absolute Gasteiger partial charge is 0.367 e. The van der Waals surface area contributed by atoms with Crippen LogP contribution >= 0.6 is 0 Å². The van der Waals surface area contributed by atoms with Crippen LogP contribution in [0.5, 0.6) is 0 Å². The van der Waals surface area contributed by atoms with Gasteiger partial charge in [-0.15, -0.1) is 0 Å². The van der Waals surface area contributed by atoms with Crippen LogP contribution in [0.1, 0.15) is 46.0 Å². The molecular formula is C31H32N4O4. The molecule has 0 N–H and O–H groups in total. The van der Waals surface area contributed by atoms with Gasteiger partial charge in [0.25, 0.3) is 11.8 Å². The van der Waals surface area contributed by atoms with Gasteiger partial charge < -0.3 is 14.7 Å². The molecule has 200 valence electrons. The molecule has 39 heavy (non-hydrogen) atoms. The van der Waals surface area contributed by atoms with E-state index >= 15 is 0 Å². The molecule has 4 amide bonds. The Kier molecular flexibility index (Phi) is 6.54. The Morgan fingerprint density at radius 2 is 1.46 bits per heavy atom. The first kappa shape index (κ1) is 25.1. The van der Waals surface area contributed by atoms with E-state index in [4.69, 9.17) is 0 Å². The predicted octanol–water partition coefficient (Wildman–Crippen LogP) is 3.54. The van der Waals surface area contributed by atoms with Crippen molar-refractivity contribution < 1.29 is 19.2 Å². The average Bonchev–Trinajstić information content (AvgIpc) is 3.22. The monoisotopic (exact) mass is 524 g/mol. The van der Waals surface area contributed by atoms with Crippen LogP contribution in [-0.2, 0) is 16.1 Å². The molecule has 3 aliphatic heterocycles. The molecule has 8 heteroatoms. The first-order chi connectivity index (χ1) is 18.9. The number of amides is 4. The Balaban J connectivity index is 1.15. The Labute approximate surface area is 227 Å². The fourth-order valence-corrected chi connectivity index (χ4v) is 6.19. The highest BCUT2D eigenvalue weighted by Crippen LogP contribution is 2.34. The summed E-state index contributed by atoms with van der Waals surface area (Å²) in [5.74, 6) is -0.364. The lowest BCUT2D eigenvalue weighted by Crippen LogP contribution is -2.52. The van der Waals surface area contributed by atoms with Crippen molar-refractivity contribution in [2.24, 2.45) is 5.92 Å². The molecule has 0 atom stereocenters. The number of nitrogens with zero attached hydrogens (tertiary/aromatic N) is 4. The molecule has 0 unspecified atom stereocenters. The summed E-state index contributed by atoms with van der Waals surface area (Å²) in [6.45, 7) is 5.38. The van der Waals surface area contributed by atoms with Crippen LogP contribution in [0, 0.1) is 5.92 Å². The van der Waals surface area contributed by atoms with Crippen molar-refractivity contribution in [2.45, 2.75) is 26.3 Å². The van der Waals surface area contributed by atoms with Gasteiger partial charge in [-0.05, 0) is 41.3 Å². The van der Waals surface area contributed by atoms with Gasteiger partial charge in [-0.25, -0.2) is 0 Å². The van der Waals surface area contributed by atoms with Gasteiger partial charge in [-0.2, -0.15) is 0 Å². The van der Waals surface area contributed by atoms with Crippen molar-refractivity contribution in [1.82, 2.24) is 14.7 Å². The van der Waals surface area contributed by atoms with Gasteiger partial charge in [0.1, 0.15) is 0 Å². The van der Waals surface area contributed by atoms with Crippen LogP contribution in [0.4, 0.5) is 5.69 Å². The number of benzene rings is 3. The highest BCUT2D eigenvalue weighted by Gasteiger charge is 2.39. The van der Waals surface area contributed by atoms with Crippen LogP contribution in [0.25, 0.3) is 10.8 Å². The predicted molar refractivity (Wildman–Crippen MR) is 148 cm³/mol. The van der Waals surface area contributed by atoms with E-state index in [0.717, 1.165) is 22.0 Å². The van der Waals surface area contributed by atoms with Crippen LogP contribution in [0.15, 0.2) is 60.7 Å². The van der Waals surface area contributed by atoms with E-state index in [9.17, 15) is 19.2 Å². The SMILES string of the molecule is CC(=O)N1CCC(C(=O)N2CCN(c3cccc4c3C(=O)N(Cc3cccc5ccccc35)C4=O)CC2)CC1. The Morgan fingerprint density at radius 3 is 2.21 bits per heavy atom. The summed E-state index contributed by atoms with van der Waals surface area (Å²) in [5, 5.41) is 2.11. The standard InChI is InChI=1S/C31H32N4O4/c1-21(36)32-14-12-23(13-15-32)29(37)34-18-16-33(17-19-34)27-11-5-10-26-28(27)31(39)35(30(26)38)20-24-8-4-7-22-6-2-3-9-25(22)24/h2-11,23H,12-20H2,1H3. The third-order valence-corrected chi connectivity index (χ3v) is 8.41. The molecule has 0 spiro atoms. The van der Waals surface area contributed by atoms with E-state index in [2.05, 4.69) is 4.90 Å².